The van der Waals surface area contributed by atoms with Crippen LogP contribution in [0.5, 0.6) is 0 Å². The second kappa shape index (κ2) is 9.37. The van der Waals surface area contributed by atoms with Gasteiger partial charge in [-0.05, 0) is 24.6 Å². The quantitative estimate of drug-likeness (QED) is 0.235. The summed E-state index contributed by atoms with van der Waals surface area (Å²) in [7, 11) is 1.77. The van der Waals surface area contributed by atoms with E-state index in [0.717, 1.165) is 39.4 Å². The van der Waals surface area contributed by atoms with Gasteiger partial charge in [0.2, 0.25) is 11.6 Å². The van der Waals surface area contributed by atoms with E-state index < -0.39 is 5.97 Å². The lowest BCUT2D eigenvalue weighted by Crippen LogP contribution is -2.02. The van der Waals surface area contributed by atoms with E-state index in [1.54, 1.807) is 13.2 Å². The molecule has 1 aromatic carbocycles. The first kappa shape index (κ1) is 23.8. The summed E-state index contributed by atoms with van der Waals surface area (Å²) in [6.07, 6.45) is 4.88. The Kier molecular flexibility index (Phi) is 5.72. The third-order valence-corrected chi connectivity index (χ3v) is 5.99. The third kappa shape index (κ3) is 4.31. The van der Waals surface area contributed by atoms with Gasteiger partial charge in [0.25, 0.3) is 5.71 Å². The normalized spacial score (nSPS) is 11.2. The van der Waals surface area contributed by atoms with Crippen molar-refractivity contribution < 1.29 is 18.7 Å². The van der Waals surface area contributed by atoms with E-state index in [-0.39, 0.29) is 12.0 Å². The highest BCUT2D eigenvalue weighted by molar-refractivity contribution is 6.03. The number of carbonyl (C=O) groups is 1. The molecule has 5 aromatic rings. The van der Waals surface area contributed by atoms with Crippen LogP contribution in [0.15, 0.2) is 64.2 Å². The Balaban J connectivity index is 0.000000190. The first-order valence-corrected chi connectivity index (χ1v) is 11.8. The molecule has 0 amide bonds. The van der Waals surface area contributed by atoms with Crippen LogP contribution >= 0.6 is 0 Å². The monoisotopic (exact) mass is 523 g/mol. The molecule has 4 aromatic heterocycles. The van der Waals surface area contributed by atoms with Gasteiger partial charge in [-0.3, -0.25) is 0 Å². The molecule has 7 rings (SSSR count). The topological polar surface area (TPSA) is 185 Å². The van der Waals surface area contributed by atoms with Crippen molar-refractivity contribution in [3.8, 4) is 22.8 Å². The number of aromatic nitrogens is 8. The lowest BCUT2D eigenvalue weighted by Gasteiger charge is -2.02. The van der Waals surface area contributed by atoms with Crippen molar-refractivity contribution in [2.75, 3.05) is 12.4 Å². The predicted molar refractivity (Wildman–Crippen MR) is 142 cm³/mol. The molecule has 0 saturated carbocycles. The molecule has 0 unspecified atom stereocenters. The number of carboxylic acid groups (broad SMARTS) is 1. The Labute approximate surface area is 219 Å². The molecule has 0 bridgehead atoms. The molecule has 0 spiro atoms. The van der Waals surface area contributed by atoms with Gasteiger partial charge in [0.15, 0.2) is 23.2 Å². The van der Waals surface area contributed by atoms with E-state index >= 15 is 0 Å². The number of nitrogens with zero attached hydrogens (tertiary/aromatic N) is 6. The van der Waals surface area contributed by atoms with Crippen LogP contribution in [0.1, 0.15) is 11.4 Å². The van der Waals surface area contributed by atoms with E-state index in [0.29, 0.717) is 34.2 Å². The molecule has 0 fully saturated rings. The van der Waals surface area contributed by atoms with Crippen LogP contribution in [0.25, 0.3) is 56.3 Å². The highest BCUT2D eigenvalue weighted by Gasteiger charge is 2.18. The Bertz CT molecular complexity index is 1960. The number of imidazole rings is 2. The van der Waals surface area contributed by atoms with Gasteiger partial charge in [-0.1, -0.05) is 18.7 Å². The number of rotatable bonds is 5. The van der Waals surface area contributed by atoms with Crippen molar-refractivity contribution in [2.45, 2.75) is 13.3 Å². The van der Waals surface area contributed by atoms with E-state index in [2.05, 4.69) is 51.8 Å². The Morgan fingerprint density at radius 3 is 2.82 bits per heavy atom. The number of aliphatic carboxylic acids is 1. The number of pyridine rings is 2. The summed E-state index contributed by atoms with van der Waals surface area (Å²) in [5.41, 5.74) is 7.06. The molecular weight excluding hydrogens is 502 g/mol. The fraction of sp³-hybridized carbons (Fsp3) is 0.115. The van der Waals surface area contributed by atoms with Gasteiger partial charge in [0.05, 0.1) is 0 Å². The van der Waals surface area contributed by atoms with Gasteiger partial charge in [-0.15, -0.1) is 0 Å². The lowest BCUT2D eigenvalue weighted by atomic mass is 10.0. The predicted octanol–water partition coefficient (Wildman–Crippen LogP) is 4.35. The number of fused-ring (bicyclic) bond motifs is 6. The average molecular weight is 524 g/mol. The SMILES string of the molecule is C=C(Cc1cccc(-c2nc3c(nc(NC)c4nc(C)[nH]c43)o2)c1)C(=O)O.c1nc2c[nH]c3ocnc3c-2n1. The molecule has 0 atom stereocenters. The van der Waals surface area contributed by atoms with Crippen molar-refractivity contribution in [1.29, 1.82) is 0 Å². The summed E-state index contributed by atoms with van der Waals surface area (Å²) in [5, 5.41) is 12.0. The van der Waals surface area contributed by atoms with Gasteiger partial charge < -0.3 is 29.2 Å². The van der Waals surface area contributed by atoms with Crippen molar-refractivity contribution >= 4 is 45.3 Å². The fourth-order valence-electron chi connectivity index (χ4n) is 4.19. The fourth-order valence-corrected chi connectivity index (χ4v) is 4.19. The zero-order valence-corrected chi connectivity index (χ0v) is 20.8. The first-order chi connectivity index (χ1) is 18.9. The largest absolute Gasteiger partial charge is 0.478 e. The van der Waals surface area contributed by atoms with Gasteiger partial charge in [-0.2, -0.15) is 4.98 Å². The molecule has 0 saturated heterocycles. The lowest BCUT2D eigenvalue weighted by molar-refractivity contribution is -0.132. The van der Waals surface area contributed by atoms with Crippen LogP contribution in [-0.4, -0.2) is 58.0 Å². The summed E-state index contributed by atoms with van der Waals surface area (Å²) in [4.78, 5) is 42.7. The number of nitrogens with one attached hydrogen (secondary N) is 3. The van der Waals surface area contributed by atoms with Crippen LogP contribution in [0.4, 0.5) is 5.82 Å². The van der Waals surface area contributed by atoms with Crippen LogP contribution in [0.3, 0.4) is 0 Å². The number of anilines is 1. The molecule has 39 heavy (non-hydrogen) atoms. The summed E-state index contributed by atoms with van der Waals surface area (Å²) in [6, 6.07) is 7.37. The average Bonchev–Trinajstić information content (AvgIpc) is 3.72. The summed E-state index contributed by atoms with van der Waals surface area (Å²) in [5.74, 6) is 0.760. The number of aryl methyl sites for hydroxylation is 1. The minimum absolute atomic E-state index is 0.125. The molecule has 0 radical (unpaired) electrons. The van der Waals surface area contributed by atoms with Crippen molar-refractivity contribution in [3.05, 3.63) is 66.7 Å². The minimum Gasteiger partial charge on any atom is -0.478 e. The summed E-state index contributed by atoms with van der Waals surface area (Å²) in [6.45, 7) is 5.44. The number of oxazole rings is 2. The zero-order chi connectivity index (χ0) is 27.1. The molecule has 6 heterocycles. The second-order valence-corrected chi connectivity index (χ2v) is 8.64. The maximum absolute atomic E-state index is 11.0. The van der Waals surface area contributed by atoms with Crippen molar-refractivity contribution in [1.82, 2.24) is 39.9 Å². The standard InChI is InChI=1S/C19H17N5O3.C7H4N4O/c1-9(19(25)26)7-11-5-4-6-12(8-11)17-23-15-13-14(22-10(2)21-13)16(20-3)24-18(15)27-17;1-4-5(10-2-9-4)6-7(8-1)12-3-11-6/h4-6,8H,1,7H2,2-3H3,(H,20,24)(H,21,22)(H,25,26);1-3,8H. The smallest absolute Gasteiger partial charge is 0.331 e. The maximum atomic E-state index is 11.0. The third-order valence-electron chi connectivity index (χ3n) is 5.99. The zero-order valence-electron chi connectivity index (χ0n) is 20.8. The molecule has 4 N–H and O–H groups in total. The Morgan fingerprint density at radius 1 is 1.13 bits per heavy atom. The van der Waals surface area contributed by atoms with Crippen LogP contribution in [0, 0.1) is 6.92 Å². The number of H-pyrrole nitrogens is 2. The second-order valence-electron chi connectivity index (χ2n) is 8.64. The number of aromatic amines is 2. The van der Waals surface area contributed by atoms with E-state index in [9.17, 15) is 4.79 Å². The van der Waals surface area contributed by atoms with Crippen molar-refractivity contribution in [3.63, 3.8) is 0 Å². The molecule has 13 nitrogen and oxygen atoms in total. The van der Waals surface area contributed by atoms with Crippen LogP contribution in [0.2, 0.25) is 0 Å². The highest BCUT2D eigenvalue weighted by Crippen LogP contribution is 2.31. The summed E-state index contributed by atoms with van der Waals surface area (Å²) < 4.78 is 10.9. The molecule has 2 aliphatic rings. The maximum Gasteiger partial charge on any atom is 0.331 e. The van der Waals surface area contributed by atoms with Gasteiger partial charge in [0.1, 0.15) is 34.6 Å². The van der Waals surface area contributed by atoms with Crippen LogP contribution < -0.4 is 5.32 Å². The number of hydrogen-bond acceptors (Lipinski definition) is 10. The number of benzene rings is 1. The number of hydrogen-bond donors (Lipinski definition) is 4. The molecule has 2 aliphatic heterocycles. The molecule has 0 aliphatic carbocycles. The van der Waals surface area contributed by atoms with Gasteiger partial charge in [0, 0.05) is 30.8 Å². The first-order valence-electron chi connectivity index (χ1n) is 11.8. The highest BCUT2D eigenvalue weighted by atomic mass is 16.4. The van der Waals surface area contributed by atoms with E-state index in [4.69, 9.17) is 13.9 Å². The molecular formula is C26H21N9O4. The van der Waals surface area contributed by atoms with E-state index in [1.165, 1.54) is 12.7 Å². The van der Waals surface area contributed by atoms with Crippen molar-refractivity contribution in [2.24, 2.45) is 0 Å². The molecule has 194 valence electrons. The molecule has 13 heteroatoms. The van der Waals surface area contributed by atoms with Gasteiger partial charge in [-0.25, -0.2) is 29.7 Å². The van der Waals surface area contributed by atoms with Gasteiger partial charge >= 0.3 is 5.97 Å². The van der Waals surface area contributed by atoms with E-state index in [1.807, 2.05) is 31.2 Å². The minimum atomic E-state index is -1.01. The Hall–Kier alpha value is -5.59. The summed E-state index contributed by atoms with van der Waals surface area (Å²) >= 11 is 0. The van der Waals surface area contributed by atoms with Crippen LogP contribution in [-0.2, 0) is 11.2 Å². The Morgan fingerprint density at radius 2 is 2.00 bits per heavy atom. The number of carboxylic acids is 1.